The lowest BCUT2D eigenvalue weighted by Gasteiger charge is -2.33. The molecule has 3 aromatic rings. The second kappa shape index (κ2) is 10.1. The molecule has 0 radical (unpaired) electrons. The predicted octanol–water partition coefficient (Wildman–Crippen LogP) is 3.93. The molecule has 0 atom stereocenters. The number of piperazine rings is 1. The Labute approximate surface area is 192 Å². The van der Waals surface area contributed by atoms with E-state index in [2.05, 4.69) is 27.0 Å². The van der Waals surface area contributed by atoms with Gasteiger partial charge in [-0.25, -0.2) is 18.4 Å². The first-order valence-corrected chi connectivity index (χ1v) is 12.8. The van der Waals surface area contributed by atoms with Crippen LogP contribution in [0.15, 0.2) is 76.9 Å². The first-order valence-electron chi connectivity index (χ1n) is 9.96. The van der Waals surface area contributed by atoms with Crippen LogP contribution in [0.25, 0.3) is 0 Å². The molecule has 0 unspecified atom stereocenters. The quantitative estimate of drug-likeness (QED) is 0.382. The molecule has 9 heteroatoms. The number of halogens is 1. The molecule has 6 nitrogen and oxygen atoms in total. The molecule has 4 rings (SSSR count). The summed E-state index contributed by atoms with van der Waals surface area (Å²) in [6.07, 6.45) is 3.12. The number of rotatable bonds is 7. The molecule has 0 aliphatic carbocycles. The fraction of sp³-hybridized carbons (Fsp3) is 0.273. The second-order valence-corrected chi connectivity index (χ2v) is 10.6. The monoisotopic (exact) mass is 474 g/mol. The number of aromatic nitrogens is 2. The molecule has 1 fully saturated rings. The zero-order chi connectivity index (χ0) is 21.7. The first-order chi connectivity index (χ1) is 15.0. The third-order valence-electron chi connectivity index (χ3n) is 5.10. The number of hydrogen-bond acceptors (Lipinski definition) is 6. The van der Waals surface area contributed by atoms with Gasteiger partial charge in [-0.3, -0.25) is 4.90 Å². The maximum absolute atomic E-state index is 13.0. The maximum Gasteiger partial charge on any atom is 0.244 e. The van der Waals surface area contributed by atoms with E-state index in [1.165, 1.54) is 23.5 Å². The molecule has 1 saturated heterocycles. The normalized spacial score (nSPS) is 15.8. The van der Waals surface area contributed by atoms with E-state index in [0.29, 0.717) is 37.1 Å². The lowest BCUT2D eigenvalue weighted by molar-refractivity contribution is 0.181. The topological polar surface area (TPSA) is 66.4 Å². The molecule has 3 heterocycles. The van der Waals surface area contributed by atoms with Gasteiger partial charge in [-0.1, -0.05) is 41.9 Å². The summed E-state index contributed by atoms with van der Waals surface area (Å²) in [6, 6.07) is 17.3. The van der Waals surface area contributed by atoms with Crippen LogP contribution in [0, 0.1) is 0 Å². The van der Waals surface area contributed by atoms with E-state index < -0.39 is 10.0 Å². The van der Waals surface area contributed by atoms with Gasteiger partial charge in [0.25, 0.3) is 0 Å². The number of sulfonamides is 1. The molecular weight excluding hydrogens is 452 g/mol. The van der Waals surface area contributed by atoms with Crippen LogP contribution in [0.2, 0.25) is 5.15 Å². The molecule has 1 aliphatic heterocycles. The molecule has 162 valence electrons. The van der Waals surface area contributed by atoms with Crippen molar-refractivity contribution >= 4 is 33.4 Å². The van der Waals surface area contributed by atoms with E-state index in [4.69, 9.17) is 11.6 Å². The largest absolute Gasteiger partial charge is 0.296 e. The van der Waals surface area contributed by atoms with Crippen LogP contribution < -0.4 is 0 Å². The Morgan fingerprint density at radius 3 is 2.39 bits per heavy atom. The Morgan fingerprint density at radius 2 is 1.71 bits per heavy atom. The lowest BCUT2D eigenvalue weighted by atomic mass is 10.2. The van der Waals surface area contributed by atoms with Gasteiger partial charge in [0.1, 0.15) is 10.0 Å². The van der Waals surface area contributed by atoms with Gasteiger partial charge in [-0.15, -0.1) is 11.8 Å². The van der Waals surface area contributed by atoms with Crippen molar-refractivity contribution < 1.29 is 8.42 Å². The van der Waals surface area contributed by atoms with E-state index in [-0.39, 0.29) is 4.90 Å². The molecule has 0 bridgehead atoms. The van der Waals surface area contributed by atoms with Gasteiger partial charge >= 0.3 is 0 Å². The summed E-state index contributed by atoms with van der Waals surface area (Å²) in [5.41, 5.74) is 2.28. The average molecular weight is 475 g/mol. The Balaban J connectivity index is 1.33. The van der Waals surface area contributed by atoms with Crippen molar-refractivity contribution in [2.24, 2.45) is 0 Å². The highest BCUT2D eigenvalue weighted by atomic mass is 35.5. The lowest BCUT2D eigenvalue weighted by Crippen LogP contribution is -2.48. The van der Waals surface area contributed by atoms with Crippen molar-refractivity contribution in [2.75, 3.05) is 26.2 Å². The molecule has 0 N–H and O–H groups in total. The van der Waals surface area contributed by atoms with Crippen LogP contribution in [-0.2, 0) is 22.3 Å². The van der Waals surface area contributed by atoms with Crippen LogP contribution in [0.3, 0.4) is 0 Å². The molecular formula is C22H23ClN4O2S2. The third kappa shape index (κ3) is 5.84. The smallest absolute Gasteiger partial charge is 0.244 e. The number of pyridine rings is 2. The number of hydrogen-bond donors (Lipinski definition) is 0. The van der Waals surface area contributed by atoms with Crippen LogP contribution in [0.5, 0.6) is 0 Å². The standard InChI is InChI=1S/C22H23ClN4O2S2/c23-21-14-19(8-9-24-21)17-30-22-7-6-20(15-25-22)31(28,29)27-12-10-26(11-13-27)16-18-4-2-1-3-5-18/h1-9,14-15H,10-13,16-17H2. The van der Waals surface area contributed by atoms with E-state index in [9.17, 15) is 8.42 Å². The molecule has 2 aromatic heterocycles. The van der Waals surface area contributed by atoms with Gasteiger partial charge in [-0.2, -0.15) is 4.31 Å². The van der Waals surface area contributed by atoms with Gasteiger partial charge in [0.15, 0.2) is 0 Å². The summed E-state index contributed by atoms with van der Waals surface area (Å²) < 4.78 is 27.6. The van der Waals surface area contributed by atoms with Crippen molar-refractivity contribution in [1.29, 1.82) is 0 Å². The van der Waals surface area contributed by atoms with Crippen molar-refractivity contribution in [1.82, 2.24) is 19.2 Å². The summed E-state index contributed by atoms with van der Waals surface area (Å²) in [4.78, 5) is 10.8. The van der Waals surface area contributed by atoms with E-state index in [1.807, 2.05) is 30.3 Å². The van der Waals surface area contributed by atoms with Gasteiger partial charge in [-0.05, 0) is 35.4 Å². The number of nitrogens with zero attached hydrogens (tertiary/aromatic N) is 4. The number of benzene rings is 1. The third-order valence-corrected chi connectivity index (χ3v) is 8.21. The fourth-order valence-corrected chi connectivity index (χ4v) is 5.76. The zero-order valence-corrected chi connectivity index (χ0v) is 19.3. The van der Waals surface area contributed by atoms with Crippen molar-refractivity contribution in [3.8, 4) is 0 Å². The number of thioether (sulfide) groups is 1. The zero-order valence-electron chi connectivity index (χ0n) is 16.9. The van der Waals surface area contributed by atoms with E-state index in [0.717, 1.165) is 17.1 Å². The first kappa shape index (κ1) is 22.2. The molecule has 0 saturated carbocycles. The summed E-state index contributed by atoms with van der Waals surface area (Å²) in [6.45, 7) is 3.22. The van der Waals surface area contributed by atoms with Crippen LogP contribution in [-0.4, -0.2) is 53.8 Å². The highest BCUT2D eigenvalue weighted by molar-refractivity contribution is 7.98. The Bertz CT molecular complexity index is 1100. The van der Waals surface area contributed by atoms with Crippen LogP contribution >= 0.6 is 23.4 Å². The Kier molecular flexibility index (Phi) is 7.24. The van der Waals surface area contributed by atoms with Gasteiger partial charge in [0, 0.05) is 50.9 Å². The van der Waals surface area contributed by atoms with Crippen LogP contribution in [0.4, 0.5) is 0 Å². The Morgan fingerprint density at radius 1 is 0.935 bits per heavy atom. The SMILES string of the molecule is O=S(=O)(c1ccc(SCc2ccnc(Cl)c2)nc1)N1CCN(Cc2ccccc2)CC1. The second-order valence-electron chi connectivity index (χ2n) is 7.27. The van der Waals surface area contributed by atoms with Gasteiger partial charge in [0.05, 0.1) is 5.03 Å². The summed E-state index contributed by atoms with van der Waals surface area (Å²) >= 11 is 7.44. The molecule has 31 heavy (non-hydrogen) atoms. The van der Waals surface area contributed by atoms with Crippen molar-refractivity contribution in [2.45, 2.75) is 22.2 Å². The highest BCUT2D eigenvalue weighted by Gasteiger charge is 2.28. The molecule has 0 amide bonds. The fourth-order valence-electron chi connectivity index (χ4n) is 3.41. The Hall–Kier alpha value is -1.97. The van der Waals surface area contributed by atoms with Crippen molar-refractivity contribution in [3.05, 3.63) is 83.3 Å². The summed E-state index contributed by atoms with van der Waals surface area (Å²) in [7, 11) is -3.54. The minimum atomic E-state index is -3.54. The average Bonchev–Trinajstić information content (AvgIpc) is 2.79. The maximum atomic E-state index is 13.0. The minimum absolute atomic E-state index is 0.236. The van der Waals surface area contributed by atoms with Gasteiger partial charge < -0.3 is 0 Å². The predicted molar refractivity (Wildman–Crippen MR) is 124 cm³/mol. The van der Waals surface area contributed by atoms with E-state index in [1.54, 1.807) is 22.6 Å². The van der Waals surface area contributed by atoms with E-state index >= 15 is 0 Å². The highest BCUT2D eigenvalue weighted by Crippen LogP contribution is 2.24. The molecule has 1 aliphatic rings. The molecule has 1 aromatic carbocycles. The van der Waals surface area contributed by atoms with Gasteiger partial charge in [0.2, 0.25) is 10.0 Å². The molecule has 0 spiro atoms. The van der Waals surface area contributed by atoms with Crippen molar-refractivity contribution in [3.63, 3.8) is 0 Å². The van der Waals surface area contributed by atoms with Crippen LogP contribution in [0.1, 0.15) is 11.1 Å². The summed E-state index contributed by atoms with van der Waals surface area (Å²) in [5.74, 6) is 0.685. The summed E-state index contributed by atoms with van der Waals surface area (Å²) in [5, 5.41) is 1.22. The minimum Gasteiger partial charge on any atom is -0.296 e.